The summed E-state index contributed by atoms with van der Waals surface area (Å²) < 4.78 is 20.6. The summed E-state index contributed by atoms with van der Waals surface area (Å²) in [7, 11) is 0. The fourth-order valence-electron chi connectivity index (χ4n) is 4.59. The summed E-state index contributed by atoms with van der Waals surface area (Å²) in [4.78, 5) is 29.2. The van der Waals surface area contributed by atoms with E-state index in [1.807, 2.05) is 36.1 Å². The van der Waals surface area contributed by atoms with E-state index in [2.05, 4.69) is 16.9 Å². The molecular weight excluding hydrogens is 459 g/mol. The van der Waals surface area contributed by atoms with Crippen LogP contribution in [0.15, 0.2) is 54.6 Å². The largest absolute Gasteiger partial charge is 0.461 e. The van der Waals surface area contributed by atoms with Crippen LogP contribution in [0.5, 0.6) is 0 Å². The van der Waals surface area contributed by atoms with E-state index < -0.39 is 5.97 Å². The quantitative estimate of drug-likeness (QED) is 0.417. The molecule has 1 saturated heterocycles. The van der Waals surface area contributed by atoms with Gasteiger partial charge in [-0.05, 0) is 49.7 Å². The number of amides is 1. The van der Waals surface area contributed by atoms with E-state index >= 15 is 0 Å². The first-order valence-electron chi connectivity index (χ1n) is 12.6. The molecule has 0 radical (unpaired) electrons. The number of carbonyl (C=O) groups is 2. The number of carbonyl (C=O) groups excluding carboxylic acids is 2. The van der Waals surface area contributed by atoms with Gasteiger partial charge in [-0.2, -0.15) is 5.10 Å². The Kier molecular flexibility index (Phi) is 8.03. The van der Waals surface area contributed by atoms with Gasteiger partial charge in [0.05, 0.1) is 18.0 Å². The average Bonchev–Trinajstić information content (AvgIpc) is 3.35. The van der Waals surface area contributed by atoms with Crippen molar-refractivity contribution in [2.45, 2.75) is 33.6 Å². The molecule has 1 amide bonds. The average molecular weight is 493 g/mol. The molecule has 4 rings (SSSR count). The van der Waals surface area contributed by atoms with Gasteiger partial charge in [0.1, 0.15) is 5.82 Å². The monoisotopic (exact) mass is 492 g/mol. The number of anilines is 1. The lowest BCUT2D eigenvalue weighted by molar-refractivity contribution is -0.135. The third-order valence-corrected chi connectivity index (χ3v) is 6.51. The van der Waals surface area contributed by atoms with Gasteiger partial charge in [-0.25, -0.2) is 13.9 Å². The fourth-order valence-corrected chi connectivity index (χ4v) is 4.59. The van der Waals surface area contributed by atoms with Crippen LogP contribution in [-0.4, -0.2) is 59.3 Å². The molecule has 1 aromatic heterocycles. The molecule has 190 valence electrons. The molecule has 1 aliphatic heterocycles. The first-order chi connectivity index (χ1) is 17.4. The maximum atomic E-state index is 13.9. The Bertz CT molecular complexity index is 1200. The number of hydrogen-bond acceptors (Lipinski definition) is 5. The van der Waals surface area contributed by atoms with E-state index in [0.29, 0.717) is 24.5 Å². The zero-order valence-corrected chi connectivity index (χ0v) is 21.1. The summed E-state index contributed by atoms with van der Waals surface area (Å²) in [6.07, 6.45) is 1.93. The second kappa shape index (κ2) is 11.4. The first kappa shape index (κ1) is 25.4. The highest BCUT2D eigenvalue weighted by molar-refractivity contribution is 5.89. The van der Waals surface area contributed by atoms with Gasteiger partial charge in [-0.3, -0.25) is 4.79 Å². The van der Waals surface area contributed by atoms with Crippen LogP contribution in [-0.2, 0) is 9.53 Å². The highest BCUT2D eigenvalue weighted by Crippen LogP contribution is 2.28. The normalized spacial score (nSPS) is 14.6. The molecule has 7 nitrogen and oxygen atoms in total. The van der Waals surface area contributed by atoms with Crippen molar-refractivity contribution in [1.29, 1.82) is 0 Å². The third-order valence-electron chi connectivity index (χ3n) is 6.51. The van der Waals surface area contributed by atoms with Crippen LogP contribution >= 0.6 is 0 Å². The molecule has 0 N–H and O–H groups in total. The molecule has 3 aromatic rings. The summed E-state index contributed by atoms with van der Waals surface area (Å²) >= 11 is 0. The minimum absolute atomic E-state index is 0.0725. The molecule has 2 aromatic carbocycles. The predicted molar refractivity (Wildman–Crippen MR) is 138 cm³/mol. The summed E-state index contributed by atoms with van der Waals surface area (Å²) in [5.41, 5.74) is 3.25. The van der Waals surface area contributed by atoms with Crippen LogP contribution < -0.4 is 4.90 Å². The molecule has 0 saturated carbocycles. The molecule has 0 bridgehead atoms. The van der Waals surface area contributed by atoms with Crippen molar-refractivity contribution in [1.82, 2.24) is 14.7 Å². The topological polar surface area (TPSA) is 67.7 Å². The third kappa shape index (κ3) is 5.58. The number of aromatic nitrogens is 2. The second-order valence-electron chi connectivity index (χ2n) is 9.08. The predicted octanol–water partition coefficient (Wildman–Crippen LogP) is 4.94. The highest BCUT2D eigenvalue weighted by Gasteiger charge is 2.25. The Hall–Kier alpha value is -3.68. The van der Waals surface area contributed by atoms with E-state index in [4.69, 9.17) is 4.74 Å². The smallest absolute Gasteiger partial charge is 0.358 e. The lowest BCUT2D eigenvalue weighted by atomic mass is 10.0. The van der Waals surface area contributed by atoms with Gasteiger partial charge in [-0.15, -0.1) is 0 Å². The van der Waals surface area contributed by atoms with Gasteiger partial charge in [0, 0.05) is 43.3 Å². The number of nitrogens with zero attached hydrogens (tertiary/aromatic N) is 4. The molecule has 36 heavy (non-hydrogen) atoms. The first-order valence-corrected chi connectivity index (χ1v) is 12.6. The Morgan fingerprint density at radius 1 is 1.00 bits per heavy atom. The molecule has 0 aliphatic carbocycles. The Morgan fingerprint density at radius 3 is 2.36 bits per heavy atom. The maximum Gasteiger partial charge on any atom is 0.358 e. The Balaban J connectivity index is 1.53. The fraction of sp³-hybridized carbons (Fsp3) is 0.393. The maximum absolute atomic E-state index is 13.9. The van der Waals surface area contributed by atoms with Crippen LogP contribution in [0.2, 0.25) is 0 Å². The standard InChI is InChI=1S/C28H33FN4O3/c1-4-7-20(3)27(34)32-16-14-31(15-17-32)23-12-10-21(11-13-23)26-19-25(28(35)36-5-2)30-33(26)24-9-6-8-22(29)18-24/h6,8-13,18-20H,4-5,7,14-17H2,1-3H3/t20-/m1/s1. The van der Waals surface area contributed by atoms with E-state index in [1.165, 1.54) is 12.1 Å². The number of rotatable bonds is 8. The van der Waals surface area contributed by atoms with Crippen LogP contribution in [0.4, 0.5) is 10.1 Å². The number of halogens is 1. The van der Waals surface area contributed by atoms with Gasteiger partial charge < -0.3 is 14.5 Å². The Labute approximate surface area is 211 Å². The second-order valence-corrected chi connectivity index (χ2v) is 9.08. The summed E-state index contributed by atoms with van der Waals surface area (Å²) in [5, 5.41) is 4.41. The zero-order chi connectivity index (χ0) is 25.7. The minimum Gasteiger partial charge on any atom is -0.461 e. The van der Waals surface area contributed by atoms with Crippen molar-refractivity contribution in [3.05, 3.63) is 66.1 Å². The van der Waals surface area contributed by atoms with Gasteiger partial charge in [0.2, 0.25) is 5.91 Å². The van der Waals surface area contributed by atoms with Gasteiger partial charge >= 0.3 is 5.97 Å². The number of piperazine rings is 1. The lowest BCUT2D eigenvalue weighted by Crippen LogP contribution is -2.50. The molecule has 0 unspecified atom stereocenters. The number of esters is 1. The minimum atomic E-state index is -0.522. The molecule has 8 heteroatoms. The number of ether oxygens (including phenoxy) is 1. The molecule has 0 spiro atoms. The number of hydrogen-bond donors (Lipinski definition) is 0. The van der Waals surface area contributed by atoms with E-state index in [-0.39, 0.29) is 29.9 Å². The van der Waals surface area contributed by atoms with Crippen molar-refractivity contribution in [3.63, 3.8) is 0 Å². The summed E-state index contributed by atoms with van der Waals surface area (Å²) in [6.45, 7) is 9.08. The van der Waals surface area contributed by atoms with Crippen molar-refractivity contribution in [2.24, 2.45) is 5.92 Å². The van der Waals surface area contributed by atoms with Gasteiger partial charge in [0.15, 0.2) is 5.69 Å². The van der Waals surface area contributed by atoms with E-state index in [9.17, 15) is 14.0 Å². The van der Waals surface area contributed by atoms with Crippen LogP contribution in [0, 0.1) is 11.7 Å². The van der Waals surface area contributed by atoms with Gasteiger partial charge in [0.25, 0.3) is 0 Å². The molecule has 1 atom stereocenters. The van der Waals surface area contributed by atoms with Crippen molar-refractivity contribution >= 4 is 17.6 Å². The zero-order valence-electron chi connectivity index (χ0n) is 21.1. The van der Waals surface area contributed by atoms with Crippen LogP contribution in [0.25, 0.3) is 16.9 Å². The molecular formula is C28H33FN4O3. The Morgan fingerprint density at radius 2 is 1.72 bits per heavy atom. The molecule has 1 fully saturated rings. The van der Waals surface area contributed by atoms with Crippen molar-refractivity contribution in [3.8, 4) is 16.9 Å². The van der Waals surface area contributed by atoms with E-state index in [1.54, 1.807) is 29.8 Å². The molecule has 1 aliphatic rings. The summed E-state index contributed by atoms with van der Waals surface area (Å²) in [5.74, 6) is -0.590. The summed E-state index contributed by atoms with van der Waals surface area (Å²) in [6, 6.07) is 15.8. The van der Waals surface area contributed by atoms with Crippen molar-refractivity contribution in [2.75, 3.05) is 37.7 Å². The number of benzene rings is 2. The molecule has 2 heterocycles. The van der Waals surface area contributed by atoms with E-state index in [0.717, 1.165) is 37.2 Å². The van der Waals surface area contributed by atoms with Gasteiger partial charge in [-0.1, -0.05) is 38.5 Å². The highest BCUT2D eigenvalue weighted by atomic mass is 19.1. The van der Waals surface area contributed by atoms with Crippen LogP contribution in [0.1, 0.15) is 44.1 Å². The van der Waals surface area contributed by atoms with Crippen LogP contribution in [0.3, 0.4) is 0 Å². The SMILES string of the molecule is CCC[C@@H](C)C(=O)N1CCN(c2ccc(-c3cc(C(=O)OCC)nn3-c3cccc(F)c3)cc2)CC1. The van der Waals surface area contributed by atoms with Crippen molar-refractivity contribution < 1.29 is 18.7 Å². The lowest BCUT2D eigenvalue weighted by Gasteiger charge is -2.37.